The van der Waals surface area contributed by atoms with Crippen LogP contribution in [0.1, 0.15) is 90.4 Å². The van der Waals surface area contributed by atoms with E-state index in [0.717, 1.165) is 63.9 Å². The smallest absolute Gasteiger partial charge is 0.358 e. The standard InChI is InChI=1S/C43H46N4O6S/c1-26-30(11-9-14-35(26)52-29-18-16-27(17-19-29)24-38(48)51-5)31-20-21-37(45-39(31)41(50)53-43(2,3)4)47-23-22-28-10-8-12-32(33(28)25-47)40(49)46-42-44-34-13-6-7-15-36(34)54-42/h6-15,20-21,27,29H,16-19,22-25H2,1-5H3,(H,44,46,49)/t27-,29-. The minimum absolute atomic E-state index is 0.0360. The number of thiazole rings is 1. The highest BCUT2D eigenvalue weighted by molar-refractivity contribution is 7.22. The van der Waals surface area contributed by atoms with Crippen LogP contribution in [-0.2, 0) is 27.2 Å². The number of ether oxygens (including phenoxy) is 3. The summed E-state index contributed by atoms with van der Waals surface area (Å²) in [7, 11) is 1.43. The van der Waals surface area contributed by atoms with Gasteiger partial charge in [-0.1, -0.05) is 47.7 Å². The number of rotatable bonds is 9. The third-order valence-electron chi connectivity index (χ3n) is 10.2. The first-order valence-corrected chi connectivity index (χ1v) is 19.4. The van der Waals surface area contributed by atoms with Crippen molar-refractivity contribution in [2.24, 2.45) is 5.92 Å². The van der Waals surface area contributed by atoms with E-state index in [9.17, 15) is 14.4 Å². The molecule has 1 saturated carbocycles. The fourth-order valence-electron chi connectivity index (χ4n) is 7.39. The molecule has 1 N–H and O–H groups in total. The number of carbonyl (C=O) groups excluding carboxylic acids is 3. The highest BCUT2D eigenvalue weighted by Crippen LogP contribution is 2.37. The van der Waals surface area contributed by atoms with Gasteiger partial charge in [-0.3, -0.25) is 14.9 Å². The van der Waals surface area contributed by atoms with Gasteiger partial charge >= 0.3 is 11.9 Å². The van der Waals surface area contributed by atoms with Gasteiger partial charge in [-0.15, -0.1) is 0 Å². The number of fused-ring (bicyclic) bond motifs is 2. The average Bonchev–Trinajstić information content (AvgIpc) is 3.57. The number of methoxy groups -OCH3 is 1. The Balaban J connectivity index is 1.14. The lowest BCUT2D eigenvalue weighted by Crippen LogP contribution is -2.33. The number of carbonyl (C=O) groups is 3. The highest BCUT2D eigenvalue weighted by atomic mass is 32.1. The van der Waals surface area contributed by atoms with E-state index in [1.54, 1.807) is 0 Å². The molecule has 3 heterocycles. The molecule has 1 fully saturated rings. The lowest BCUT2D eigenvalue weighted by molar-refractivity contribution is -0.142. The second-order valence-corrected chi connectivity index (χ2v) is 16.1. The Labute approximate surface area is 319 Å². The first-order valence-electron chi connectivity index (χ1n) is 18.6. The van der Waals surface area contributed by atoms with Gasteiger partial charge in [0.05, 0.1) is 23.4 Å². The molecule has 0 unspecified atom stereocenters. The average molecular weight is 747 g/mol. The fourth-order valence-corrected chi connectivity index (χ4v) is 8.25. The topological polar surface area (TPSA) is 120 Å². The van der Waals surface area contributed by atoms with Crippen LogP contribution in [0, 0.1) is 12.8 Å². The maximum Gasteiger partial charge on any atom is 0.358 e. The molecule has 1 amide bonds. The highest BCUT2D eigenvalue weighted by Gasteiger charge is 2.29. The number of benzene rings is 3. The number of hydrogen-bond donors (Lipinski definition) is 1. The first kappa shape index (κ1) is 37.0. The SMILES string of the molecule is COC(=O)C[C@H]1CC[C@H](Oc2cccc(-c3ccc(N4CCc5cccc(C(=O)Nc6nc7ccccc7s6)c5C4)nc3C(=O)OC(C)(C)C)c2C)CC1. The number of hydrogen-bond acceptors (Lipinski definition) is 10. The predicted octanol–water partition coefficient (Wildman–Crippen LogP) is 8.94. The lowest BCUT2D eigenvalue weighted by atomic mass is 9.85. The molecule has 11 heteroatoms. The van der Waals surface area contributed by atoms with Gasteiger partial charge in [0.25, 0.3) is 5.91 Å². The third kappa shape index (κ3) is 8.26. The van der Waals surface area contributed by atoms with Crippen LogP contribution in [0.4, 0.5) is 10.9 Å². The van der Waals surface area contributed by atoms with Crippen molar-refractivity contribution in [3.05, 3.63) is 101 Å². The number of esters is 2. The Bertz CT molecular complexity index is 2170. The lowest BCUT2D eigenvalue weighted by Gasteiger charge is -2.31. The van der Waals surface area contributed by atoms with Crippen molar-refractivity contribution < 1.29 is 28.6 Å². The Morgan fingerprint density at radius 1 is 0.907 bits per heavy atom. The van der Waals surface area contributed by atoms with Gasteiger partial charge in [0, 0.05) is 30.6 Å². The zero-order chi connectivity index (χ0) is 38.0. The first-order chi connectivity index (χ1) is 26.0. The van der Waals surface area contributed by atoms with Crippen LogP contribution in [-0.4, -0.2) is 53.2 Å². The van der Waals surface area contributed by atoms with E-state index in [-0.39, 0.29) is 23.7 Å². The molecule has 0 spiro atoms. The van der Waals surface area contributed by atoms with Gasteiger partial charge in [0.2, 0.25) is 0 Å². The van der Waals surface area contributed by atoms with Gasteiger partial charge in [0.1, 0.15) is 17.2 Å². The van der Waals surface area contributed by atoms with Crippen LogP contribution < -0.4 is 15.0 Å². The molecule has 0 bridgehead atoms. The molecular weight excluding hydrogens is 701 g/mol. The van der Waals surface area contributed by atoms with Gasteiger partial charge in [-0.05, 0) is 124 Å². The molecule has 280 valence electrons. The van der Waals surface area contributed by atoms with Crippen molar-refractivity contribution in [2.75, 3.05) is 23.9 Å². The quantitative estimate of drug-likeness (QED) is 0.148. The monoisotopic (exact) mass is 746 g/mol. The van der Waals surface area contributed by atoms with Gasteiger partial charge < -0.3 is 19.1 Å². The molecule has 7 rings (SSSR count). The summed E-state index contributed by atoms with van der Waals surface area (Å²) in [4.78, 5) is 51.0. The summed E-state index contributed by atoms with van der Waals surface area (Å²) in [6.45, 7) is 8.65. The zero-order valence-corrected chi connectivity index (χ0v) is 32.3. The molecule has 2 aromatic heterocycles. The molecule has 1 aliphatic carbocycles. The van der Waals surface area contributed by atoms with Gasteiger partial charge in [-0.25, -0.2) is 14.8 Å². The van der Waals surface area contributed by atoms with E-state index in [1.165, 1.54) is 18.4 Å². The largest absolute Gasteiger partial charge is 0.490 e. The van der Waals surface area contributed by atoms with Crippen LogP contribution in [0.5, 0.6) is 5.75 Å². The number of nitrogens with zero attached hydrogens (tertiary/aromatic N) is 3. The molecule has 5 aromatic rings. The van der Waals surface area contributed by atoms with E-state index >= 15 is 0 Å². The maximum absolute atomic E-state index is 13.9. The van der Waals surface area contributed by atoms with E-state index in [1.807, 2.05) is 94.4 Å². The Kier molecular flexibility index (Phi) is 10.7. The van der Waals surface area contributed by atoms with E-state index in [0.29, 0.717) is 53.9 Å². The summed E-state index contributed by atoms with van der Waals surface area (Å²) >= 11 is 1.45. The Hall–Kier alpha value is -5.29. The van der Waals surface area contributed by atoms with Crippen molar-refractivity contribution in [2.45, 2.75) is 84.5 Å². The van der Waals surface area contributed by atoms with Crippen molar-refractivity contribution in [1.82, 2.24) is 9.97 Å². The van der Waals surface area contributed by atoms with Crippen molar-refractivity contribution in [3.8, 4) is 16.9 Å². The molecule has 1 aliphatic heterocycles. The molecule has 0 atom stereocenters. The van der Waals surface area contributed by atoms with Crippen LogP contribution in [0.15, 0.2) is 72.8 Å². The summed E-state index contributed by atoms with van der Waals surface area (Å²) in [6, 6.07) is 23.4. The molecule has 54 heavy (non-hydrogen) atoms. The maximum atomic E-state index is 13.9. The summed E-state index contributed by atoms with van der Waals surface area (Å²) < 4.78 is 18.3. The van der Waals surface area contributed by atoms with Crippen LogP contribution in [0.2, 0.25) is 0 Å². The number of nitrogens with one attached hydrogen (secondary N) is 1. The van der Waals surface area contributed by atoms with Crippen molar-refractivity contribution in [3.63, 3.8) is 0 Å². The van der Waals surface area contributed by atoms with E-state index in [4.69, 9.17) is 19.2 Å². The fraction of sp³-hybridized carbons (Fsp3) is 0.372. The molecule has 2 aliphatic rings. The van der Waals surface area contributed by atoms with Gasteiger partial charge in [0.15, 0.2) is 10.8 Å². The zero-order valence-electron chi connectivity index (χ0n) is 31.4. The van der Waals surface area contributed by atoms with Crippen LogP contribution in [0.3, 0.4) is 0 Å². The minimum Gasteiger partial charge on any atom is -0.490 e. The third-order valence-corrected chi connectivity index (χ3v) is 11.1. The normalized spacial score (nSPS) is 17.1. The number of para-hydroxylation sites is 1. The number of anilines is 2. The van der Waals surface area contributed by atoms with E-state index in [2.05, 4.69) is 21.3 Å². The Morgan fingerprint density at radius 2 is 1.69 bits per heavy atom. The van der Waals surface area contributed by atoms with Crippen LogP contribution >= 0.6 is 11.3 Å². The second-order valence-electron chi connectivity index (χ2n) is 15.1. The molecule has 0 saturated heterocycles. The number of amides is 1. The van der Waals surface area contributed by atoms with E-state index < -0.39 is 11.6 Å². The summed E-state index contributed by atoms with van der Waals surface area (Å²) in [6.07, 6.45) is 4.72. The predicted molar refractivity (Wildman–Crippen MR) is 211 cm³/mol. The molecular formula is C43H46N4O6S. The van der Waals surface area contributed by atoms with Crippen molar-refractivity contribution in [1.29, 1.82) is 0 Å². The summed E-state index contributed by atoms with van der Waals surface area (Å²) in [5, 5.41) is 3.57. The number of aromatic nitrogens is 2. The molecule has 0 radical (unpaired) electrons. The Morgan fingerprint density at radius 3 is 2.44 bits per heavy atom. The summed E-state index contributed by atoms with van der Waals surface area (Å²) in [5.74, 6) is 0.807. The summed E-state index contributed by atoms with van der Waals surface area (Å²) in [5.41, 5.74) is 5.36. The van der Waals surface area contributed by atoms with Gasteiger partial charge in [-0.2, -0.15) is 0 Å². The van der Waals surface area contributed by atoms with Crippen LogP contribution in [0.25, 0.3) is 21.3 Å². The second kappa shape index (κ2) is 15.6. The van der Waals surface area contributed by atoms with Crippen molar-refractivity contribution >= 4 is 50.3 Å². The molecule has 3 aromatic carbocycles. The number of pyridine rings is 1. The molecule has 10 nitrogen and oxygen atoms in total. The minimum atomic E-state index is -0.728.